The summed E-state index contributed by atoms with van der Waals surface area (Å²) in [7, 11) is 3.27. The standard InChI is InChI=1S/C12H16N2O2/c1-4-14-10(13)7-8-5-6-9(15-2)12(16-3)11(8)14/h5-7H,4,13H2,1-3H3. The number of aryl methyl sites for hydroxylation is 1. The highest BCUT2D eigenvalue weighted by Gasteiger charge is 2.14. The fraction of sp³-hybridized carbons (Fsp3) is 0.333. The number of nitrogen functional groups attached to an aromatic ring is 1. The fourth-order valence-electron chi connectivity index (χ4n) is 2.03. The largest absolute Gasteiger partial charge is 0.493 e. The molecule has 2 rings (SSSR count). The molecule has 4 nitrogen and oxygen atoms in total. The van der Waals surface area contributed by atoms with Crippen molar-refractivity contribution < 1.29 is 9.47 Å². The molecule has 86 valence electrons. The SMILES string of the molecule is CCn1c(N)cc2ccc(OC)c(OC)c21. The highest BCUT2D eigenvalue weighted by atomic mass is 16.5. The first kappa shape index (κ1) is 10.7. The normalized spacial score (nSPS) is 10.7. The van der Waals surface area contributed by atoms with E-state index >= 15 is 0 Å². The number of hydrogen-bond donors (Lipinski definition) is 1. The second-order valence-electron chi connectivity index (χ2n) is 3.55. The average Bonchev–Trinajstić information content (AvgIpc) is 2.62. The molecule has 0 radical (unpaired) electrons. The number of aromatic nitrogens is 1. The van der Waals surface area contributed by atoms with Gasteiger partial charge in [0.05, 0.1) is 19.7 Å². The van der Waals surface area contributed by atoms with Crippen LogP contribution in [0.4, 0.5) is 5.82 Å². The van der Waals surface area contributed by atoms with Gasteiger partial charge >= 0.3 is 0 Å². The van der Waals surface area contributed by atoms with Crippen molar-refractivity contribution in [1.82, 2.24) is 4.57 Å². The molecule has 0 aliphatic carbocycles. The molecule has 1 aromatic carbocycles. The topological polar surface area (TPSA) is 49.4 Å². The number of benzene rings is 1. The molecular formula is C12H16N2O2. The van der Waals surface area contributed by atoms with Crippen LogP contribution in [0.5, 0.6) is 11.5 Å². The van der Waals surface area contributed by atoms with Crippen molar-refractivity contribution in [2.24, 2.45) is 0 Å². The molecule has 1 aromatic heterocycles. The van der Waals surface area contributed by atoms with Crippen LogP contribution >= 0.6 is 0 Å². The molecule has 2 N–H and O–H groups in total. The van der Waals surface area contributed by atoms with Crippen molar-refractivity contribution in [2.75, 3.05) is 20.0 Å². The van der Waals surface area contributed by atoms with Gasteiger partial charge in [0.15, 0.2) is 11.5 Å². The minimum Gasteiger partial charge on any atom is -0.493 e. The summed E-state index contributed by atoms with van der Waals surface area (Å²) in [6.07, 6.45) is 0. The number of nitrogens with two attached hydrogens (primary N) is 1. The first-order chi connectivity index (χ1) is 7.72. The molecule has 0 saturated carbocycles. The molecule has 0 fully saturated rings. The van der Waals surface area contributed by atoms with E-state index < -0.39 is 0 Å². The van der Waals surface area contributed by atoms with Crippen molar-refractivity contribution in [3.05, 3.63) is 18.2 Å². The lowest BCUT2D eigenvalue weighted by atomic mass is 10.2. The lowest BCUT2D eigenvalue weighted by Gasteiger charge is -2.11. The highest BCUT2D eigenvalue weighted by molar-refractivity contribution is 5.91. The van der Waals surface area contributed by atoms with Crippen LogP contribution in [-0.4, -0.2) is 18.8 Å². The van der Waals surface area contributed by atoms with Crippen LogP contribution in [0.15, 0.2) is 18.2 Å². The van der Waals surface area contributed by atoms with Gasteiger partial charge in [0.25, 0.3) is 0 Å². The molecule has 1 heterocycles. The average molecular weight is 220 g/mol. The van der Waals surface area contributed by atoms with Crippen molar-refractivity contribution in [3.63, 3.8) is 0 Å². The Morgan fingerprint density at radius 1 is 1.25 bits per heavy atom. The smallest absolute Gasteiger partial charge is 0.185 e. The number of rotatable bonds is 3. The van der Waals surface area contributed by atoms with Crippen molar-refractivity contribution in [1.29, 1.82) is 0 Å². The number of methoxy groups -OCH3 is 2. The Labute approximate surface area is 94.6 Å². The minimum atomic E-state index is 0.725. The molecule has 16 heavy (non-hydrogen) atoms. The molecule has 2 aromatic rings. The molecular weight excluding hydrogens is 204 g/mol. The Morgan fingerprint density at radius 2 is 2.00 bits per heavy atom. The maximum absolute atomic E-state index is 5.95. The van der Waals surface area contributed by atoms with Gasteiger partial charge in [0, 0.05) is 11.9 Å². The summed E-state index contributed by atoms with van der Waals surface area (Å²) in [6, 6.07) is 5.82. The van der Waals surface area contributed by atoms with Gasteiger partial charge < -0.3 is 19.8 Å². The lowest BCUT2D eigenvalue weighted by Crippen LogP contribution is -2.01. The van der Waals surface area contributed by atoms with E-state index in [1.807, 2.05) is 22.8 Å². The third kappa shape index (κ3) is 1.38. The molecule has 0 unspecified atom stereocenters. The summed E-state index contributed by atoms with van der Waals surface area (Å²) in [4.78, 5) is 0. The third-order valence-corrected chi connectivity index (χ3v) is 2.75. The predicted molar refractivity (Wildman–Crippen MR) is 65.1 cm³/mol. The zero-order valence-corrected chi connectivity index (χ0v) is 9.78. The zero-order chi connectivity index (χ0) is 11.7. The molecule has 0 amide bonds. The molecule has 0 saturated heterocycles. The number of fused-ring (bicyclic) bond motifs is 1. The molecule has 4 heteroatoms. The van der Waals surface area contributed by atoms with E-state index in [2.05, 4.69) is 6.92 Å². The Morgan fingerprint density at radius 3 is 2.56 bits per heavy atom. The second kappa shape index (κ2) is 3.96. The summed E-state index contributed by atoms with van der Waals surface area (Å²) >= 11 is 0. The summed E-state index contributed by atoms with van der Waals surface area (Å²) in [5.41, 5.74) is 6.93. The lowest BCUT2D eigenvalue weighted by molar-refractivity contribution is 0.357. The van der Waals surface area contributed by atoms with Gasteiger partial charge in [-0.05, 0) is 25.1 Å². The van der Waals surface area contributed by atoms with Crippen LogP contribution in [0.1, 0.15) is 6.92 Å². The second-order valence-corrected chi connectivity index (χ2v) is 3.55. The quantitative estimate of drug-likeness (QED) is 0.863. The van der Waals surface area contributed by atoms with Crippen molar-refractivity contribution in [3.8, 4) is 11.5 Å². The van der Waals surface area contributed by atoms with Gasteiger partial charge in [-0.1, -0.05) is 0 Å². The van der Waals surface area contributed by atoms with E-state index in [1.54, 1.807) is 14.2 Å². The maximum Gasteiger partial charge on any atom is 0.185 e. The monoisotopic (exact) mass is 220 g/mol. The van der Waals surface area contributed by atoms with Crippen LogP contribution in [0.3, 0.4) is 0 Å². The van der Waals surface area contributed by atoms with Crippen molar-refractivity contribution in [2.45, 2.75) is 13.5 Å². The third-order valence-electron chi connectivity index (χ3n) is 2.75. The van der Waals surface area contributed by atoms with Crippen LogP contribution in [0.25, 0.3) is 10.9 Å². The Bertz CT molecular complexity index is 517. The van der Waals surface area contributed by atoms with Crippen molar-refractivity contribution >= 4 is 16.7 Å². The summed E-state index contributed by atoms with van der Waals surface area (Å²) in [6.45, 7) is 2.85. The highest BCUT2D eigenvalue weighted by Crippen LogP contribution is 2.37. The Balaban J connectivity index is 2.83. The molecule has 0 spiro atoms. The Hall–Kier alpha value is -1.84. The van der Waals surface area contributed by atoms with E-state index in [0.717, 1.165) is 34.8 Å². The van der Waals surface area contributed by atoms with Gasteiger partial charge in [0.2, 0.25) is 0 Å². The minimum absolute atomic E-state index is 0.725. The number of hydrogen-bond acceptors (Lipinski definition) is 3. The van der Waals surface area contributed by atoms with E-state index in [0.29, 0.717) is 0 Å². The fourth-order valence-corrected chi connectivity index (χ4v) is 2.03. The molecule has 0 aliphatic rings. The van der Waals surface area contributed by atoms with E-state index in [-0.39, 0.29) is 0 Å². The number of ether oxygens (including phenoxy) is 2. The molecule has 0 atom stereocenters. The molecule has 0 aliphatic heterocycles. The summed E-state index contributed by atoms with van der Waals surface area (Å²) < 4.78 is 12.7. The summed E-state index contributed by atoms with van der Waals surface area (Å²) in [5.74, 6) is 2.20. The predicted octanol–water partition coefficient (Wildman–Crippen LogP) is 2.26. The summed E-state index contributed by atoms with van der Waals surface area (Å²) in [5, 5.41) is 1.07. The number of nitrogens with zero attached hydrogens (tertiary/aromatic N) is 1. The van der Waals surface area contributed by atoms with E-state index in [4.69, 9.17) is 15.2 Å². The van der Waals surface area contributed by atoms with Gasteiger partial charge in [-0.3, -0.25) is 0 Å². The van der Waals surface area contributed by atoms with Gasteiger partial charge in [-0.25, -0.2) is 0 Å². The van der Waals surface area contributed by atoms with Crippen LogP contribution in [0, 0.1) is 0 Å². The first-order valence-electron chi connectivity index (χ1n) is 5.22. The van der Waals surface area contributed by atoms with Gasteiger partial charge in [-0.2, -0.15) is 0 Å². The zero-order valence-electron chi connectivity index (χ0n) is 9.78. The van der Waals surface area contributed by atoms with Crippen LogP contribution < -0.4 is 15.2 Å². The van der Waals surface area contributed by atoms with Crippen LogP contribution in [-0.2, 0) is 6.54 Å². The van der Waals surface area contributed by atoms with Crippen LogP contribution in [0.2, 0.25) is 0 Å². The van der Waals surface area contributed by atoms with E-state index in [1.165, 1.54) is 0 Å². The molecule has 0 bridgehead atoms. The number of anilines is 1. The van der Waals surface area contributed by atoms with Gasteiger partial charge in [0.1, 0.15) is 5.82 Å². The first-order valence-corrected chi connectivity index (χ1v) is 5.22. The van der Waals surface area contributed by atoms with Gasteiger partial charge in [-0.15, -0.1) is 0 Å². The Kier molecular flexibility index (Phi) is 2.64. The maximum atomic E-state index is 5.95. The van der Waals surface area contributed by atoms with E-state index in [9.17, 15) is 0 Å².